The lowest BCUT2D eigenvalue weighted by Crippen LogP contribution is -1.96. The second-order valence-electron chi connectivity index (χ2n) is 2.60. The molecule has 0 amide bonds. The number of hydrogen-bond donors (Lipinski definition) is 1. The molecule has 0 radical (unpaired) electrons. The molecule has 0 heterocycles. The Morgan fingerprint density at radius 3 is 2.33 bits per heavy atom. The SMILES string of the molecule is CCC(=O)c1ccc(NC)cc1. The van der Waals surface area contributed by atoms with Crippen LogP contribution in [0.1, 0.15) is 23.7 Å². The van der Waals surface area contributed by atoms with Crippen molar-refractivity contribution in [2.45, 2.75) is 13.3 Å². The molecule has 0 aliphatic heterocycles. The molecule has 2 nitrogen and oxygen atoms in total. The summed E-state index contributed by atoms with van der Waals surface area (Å²) in [6, 6.07) is 7.50. The number of carbonyl (C=O) groups excluding carboxylic acids is 1. The molecular formula is C10H13NO. The summed E-state index contributed by atoms with van der Waals surface area (Å²) in [6.07, 6.45) is 0.568. The molecule has 1 rings (SSSR count). The van der Waals surface area contributed by atoms with Crippen molar-refractivity contribution in [3.05, 3.63) is 29.8 Å². The van der Waals surface area contributed by atoms with Crippen LogP contribution >= 0.6 is 0 Å². The summed E-state index contributed by atoms with van der Waals surface area (Å²) >= 11 is 0. The fourth-order valence-corrected chi connectivity index (χ4v) is 1.03. The molecule has 0 fully saturated rings. The molecule has 0 aromatic heterocycles. The molecule has 0 atom stereocenters. The van der Waals surface area contributed by atoms with Gasteiger partial charge in [-0.3, -0.25) is 4.79 Å². The van der Waals surface area contributed by atoms with Gasteiger partial charge in [-0.1, -0.05) is 6.92 Å². The Morgan fingerprint density at radius 2 is 1.92 bits per heavy atom. The molecule has 0 saturated carbocycles. The van der Waals surface area contributed by atoms with E-state index < -0.39 is 0 Å². The molecule has 0 bridgehead atoms. The van der Waals surface area contributed by atoms with Gasteiger partial charge in [0.05, 0.1) is 0 Å². The van der Waals surface area contributed by atoms with Crippen LogP contribution in [0.25, 0.3) is 0 Å². The number of benzene rings is 1. The Labute approximate surface area is 72.6 Å². The molecule has 0 aliphatic rings. The molecule has 1 N–H and O–H groups in total. The molecule has 64 valence electrons. The van der Waals surface area contributed by atoms with Crippen LogP contribution in [0.5, 0.6) is 0 Å². The van der Waals surface area contributed by atoms with Crippen LogP contribution in [0.15, 0.2) is 24.3 Å². The van der Waals surface area contributed by atoms with Gasteiger partial charge >= 0.3 is 0 Å². The Kier molecular flexibility index (Phi) is 2.86. The predicted octanol–water partition coefficient (Wildman–Crippen LogP) is 2.32. The highest BCUT2D eigenvalue weighted by atomic mass is 16.1. The van der Waals surface area contributed by atoms with Gasteiger partial charge in [-0.2, -0.15) is 0 Å². The molecule has 0 saturated heterocycles. The largest absolute Gasteiger partial charge is 0.388 e. The number of rotatable bonds is 3. The van der Waals surface area contributed by atoms with Gasteiger partial charge in [0.15, 0.2) is 5.78 Å². The van der Waals surface area contributed by atoms with E-state index in [1.165, 1.54) is 0 Å². The van der Waals surface area contributed by atoms with Crippen molar-refractivity contribution in [3.8, 4) is 0 Å². The average molecular weight is 163 g/mol. The minimum atomic E-state index is 0.192. The van der Waals surface area contributed by atoms with Gasteiger partial charge in [0, 0.05) is 24.7 Å². The number of Topliss-reactive ketones (excluding diaryl/α,β-unsaturated/α-hetero) is 1. The van der Waals surface area contributed by atoms with Crippen molar-refractivity contribution >= 4 is 11.5 Å². The Balaban J connectivity index is 2.84. The van der Waals surface area contributed by atoms with Crippen molar-refractivity contribution in [3.63, 3.8) is 0 Å². The van der Waals surface area contributed by atoms with Gasteiger partial charge in [0.2, 0.25) is 0 Å². The molecule has 2 heteroatoms. The van der Waals surface area contributed by atoms with E-state index in [1.54, 1.807) is 0 Å². The number of anilines is 1. The van der Waals surface area contributed by atoms with Crippen LogP contribution in [0.3, 0.4) is 0 Å². The predicted molar refractivity (Wildman–Crippen MR) is 50.6 cm³/mol. The molecular weight excluding hydrogens is 150 g/mol. The Morgan fingerprint density at radius 1 is 1.33 bits per heavy atom. The molecule has 0 spiro atoms. The Bertz CT molecular complexity index is 264. The van der Waals surface area contributed by atoms with Crippen molar-refractivity contribution in [1.29, 1.82) is 0 Å². The number of carbonyl (C=O) groups is 1. The highest BCUT2D eigenvalue weighted by Gasteiger charge is 2.00. The first-order valence-electron chi connectivity index (χ1n) is 4.09. The monoisotopic (exact) mass is 163 g/mol. The van der Waals surface area contributed by atoms with E-state index in [4.69, 9.17) is 0 Å². The third kappa shape index (κ3) is 1.84. The summed E-state index contributed by atoms with van der Waals surface area (Å²) in [7, 11) is 1.86. The van der Waals surface area contributed by atoms with Gasteiger partial charge < -0.3 is 5.32 Å². The van der Waals surface area contributed by atoms with Crippen LogP contribution in [0.2, 0.25) is 0 Å². The summed E-state index contributed by atoms with van der Waals surface area (Å²) < 4.78 is 0. The zero-order valence-electron chi connectivity index (χ0n) is 7.42. The second kappa shape index (κ2) is 3.90. The number of nitrogens with one attached hydrogen (secondary N) is 1. The quantitative estimate of drug-likeness (QED) is 0.693. The van der Waals surface area contributed by atoms with Crippen LogP contribution in [-0.2, 0) is 0 Å². The maximum absolute atomic E-state index is 11.2. The van der Waals surface area contributed by atoms with Crippen LogP contribution in [-0.4, -0.2) is 12.8 Å². The van der Waals surface area contributed by atoms with E-state index in [0.29, 0.717) is 6.42 Å². The van der Waals surface area contributed by atoms with E-state index in [9.17, 15) is 4.79 Å². The highest BCUT2D eigenvalue weighted by molar-refractivity contribution is 5.96. The van der Waals surface area contributed by atoms with Gasteiger partial charge in [-0.05, 0) is 24.3 Å². The first kappa shape index (κ1) is 8.78. The molecule has 1 aromatic carbocycles. The zero-order chi connectivity index (χ0) is 8.97. The van der Waals surface area contributed by atoms with E-state index in [-0.39, 0.29) is 5.78 Å². The first-order chi connectivity index (χ1) is 5.77. The van der Waals surface area contributed by atoms with Gasteiger partial charge in [0.25, 0.3) is 0 Å². The van der Waals surface area contributed by atoms with Gasteiger partial charge in [0.1, 0.15) is 0 Å². The van der Waals surface area contributed by atoms with E-state index in [2.05, 4.69) is 5.32 Å². The van der Waals surface area contributed by atoms with Crippen molar-refractivity contribution in [1.82, 2.24) is 0 Å². The summed E-state index contributed by atoms with van der Waals surface area (Å²) in [5.41, 5.74) is 1.82. The second-order valence-corrected chi connectivity index (χ2v) is 2.60. The average Bonchev–Trinajstić information content (AvgIpc) is 2.17. The summed E-state index contributed by atoms with van der Waals surface area (Å²) in [6.45, 7) is 1.87. The standard InChI is InChI=1S/C10H13NO/c1-3-10(12)8-4-6-9(11-2)7-5-8/h4-7,11H,3H2,1-2H3. The molecule has 0 unspecified atom stereocenters. The molecule has 12 heavy (non-hydrogen) atoms. The van der Waals surface area contributed by atoms with Crippen molar-refractivity contribution in [2.75, 3.05) is 12.4 Å². The fraction of sp³-hybridized carbons (Fsp3) is 0.300. The maximum atomic E-state index is 11.2. The first-order valence-corrected chi connectivity index (χ1v) is 4.09. The summed E-state index contributed by atoms with van der Waals surface area (Å²) in [4.78, 5) is 11.2. The minimum Gasteiger partial charge on any atom is -0.388 e. The lowest BCUT2D eigenvalue weighted by molar-refractivity contribution is 0.0988. The molecule has 0 aliphatic carbocycles. The lowest BCUT2D eigenvalue weighted by Gasteiger charge is -2.00. The number of ketones is 1. The lowest BCUT2D eigenvalue weighted by atomic mass is 10.1. The highest BCUT2D eigenvalue weighted by Crippen LogP contribution is 2.09. The van der Waals surface area contributed by atoms with Crippen LogP contribution < -0.4 is 5.32 Å². The Hall–Kier alpha value is -1.31. The smallest absolute Gasteiger partial charge is 0.162 e. The third-order valence-electron chi connectivity index (χ3n) is 1.82. The summed E-state index contributed by atoms with van der Waals surface area (Å²) in [5, 5.41) is 3.00. The zero-order valence-corrected chi connectivity index (χ0v) is 7.42. The van der Waals surface area contributed by atoms with Gasteiger partial charge in [-0.25, -0.2) is 0 Å². The fourth-order valence-electron chi connectivity index (χ4n) is 1.03. The minimum absolute atomic E-state index is 0.192. The van der Waals surface area contributed by atoms with Gasteiger partial charge in [-0.15, -0.1) is 0 Å². The van der Waals surface area contributed by atoms with Crippen molar-refractivity contribution < 1.29 is 4.79 Å². The normalized spacial score (nSPS) is 9.50. The topological polar surface area (TPSA) is 29.1 Å². The third-order valence-corrected chi connectivity index (χ3v) is 1.82. The van der Waals surface area contributed by atoms with Crippen LogP contribution in [0.4, 0.5) is 5.69 Å². The van der Waals surface area contributed by atoms with Crippen molar-refractivity contribution in [2.24, 2.45) is 0 Å². The van der Waals surface area contributed by atoms with E-state index >= 15 is 0 Å². The number of hydrogen-bond acceptors (Lipinski definition) is 2. The maximum Gasteiger partial charge on any atom is 0.162 e. The summed E-state index contributed by atoms with van der Waals surface area (Å²) in [5.74, 6) is 0.192. The van der Waals surface area contributed by atoms with E-state index in [0.717, 1.165) is 11.3 Å². The van der Waals surface area contributed by atoms with E-state index in [1.807, 2.05) is 38.2 Å². The van der Waals surface area contributed by atoms with Crippen LogP contribution in [0, 0.1) is 0 Å². The molecule has 1 aromatic rings.